The summed E-state index contributed by atoms with van der Waals surface area (Å²) in [5.74, 6) is 0. The first-order chi connectivity index (χ1) is 7.99. The zero-order chi connectivity index (χ0) is 12.9. The zero-order valence-corrected chi connectivity index (χ0v) is 13.8. The Balaban J connectivity index is 2.92. The summed E-state index contributed by atoms with van der Waals surface area (Å²) in [5.41, 5.74) is 0. The molecule has 1 nitrogen and oxygen atoms in total. The quantitative estimate of drug-likeness (QED) is 0.558. The Morgan fingerprint density at radius 1 is 0.941 bits per heavy atom. The number of hydrogen-bond donors (Lipinski definition) is 0. The monoisotopic (exact) mass is 269 g/mol. The van der Waals surface area contributed by atoms with E-state index in [-0.39, 0.29) is 0 Å². The second-order valence-corrected chi connectivity index (χ2v) is 13.3. The van der Waals surface area contributed by atoms with Crippen LogP contribution in [0, 0.1) is 0 Å². The Morgan fingerprint density at radius 3 is 1.82 bits per heavy atom. The lowest BCUT2D eigenvalue weighted by molar-refractivity contribution is 0.603. The van der Waals surface area contributed by atoms with Gasteiger partial charge in [-0.3, -0.25) is 4.21 Å². The van der Waals surface area contributed by atoms with E-state index >= 15 is 0 Å². The first-order valence-corrected chi connectivity index (χ1v) is 11.8. The number of benzene rings is 1. The highest BCUT2D eigenvalue weighted by molar-refractivity contribution is 7.72. The van der Waals surface area contributed by atoms with E-state index < -0.39 is 15.8 Å². The molecule has 0 saturated heterocycles. The van der Waals surface area contributed by atoms with Gasteiger partial charge in [0.15, 0.2) is 0 Å². The largest absolute Gasteiger partial charge is 0.280 e. The predicted octanol–water partition coefficient (Wildman–Crippen LogP) is 4.11. The molecule has 0 aliphatic rings. The molecule has 1 rings (SSSR count). The molecule has 0 heterocycles. The molecule has 0 aliphatic heterocycles. The summed E-state index contributed by atoms with van der Waals surface area (Å²) in [6.07, 6.45) is 3.63. The summed E-state index contributed by atoms with van der Waals surface area (Å²) in [4.78, 5) is 0. The van der Waals surface area contributed by atoms with Crippen molar-refractivity contribution in [1.29, 1.82) is 0 Å². The first kappa shape index (κ1) is 14.9. The smallest absolute Gasteiger partial charge is 0.275 e. The first-order valence-electron chi connectivity index (χ1n) is 6.62. The molecular formula is C14H26OPSi+. The van der Waals surface area contributed by atoms with Crippen LogP contribution in [-0.4, -0.2) is 26.8 Å². The van der Waals surface area contributed by atoms with E-state index in [4.69, 9.17) is 4.21 Å². The van der Waals surface area contributed by atoms with Gasteiger partial charge in [0.2, 0.25) is 0 Å². The maximum Gasteiger partial charge on any atom is 0.275 e. The minimum atomic E-state index is -1.73. The SMILES string of the molecule is CC[P+](CC)(CC)O[Si](C)(C)c1ccccc1. The van der Waals surface area contributed by atoms with Crippen LogP contribution >= 0.6 is 7.49 Å². The average Bonchev–Trinajstić information content (AvgIpc) is 2.37. The lowest BCUT2D eigenvalue weighted by Gasteiger charge is -2.31. The summed E-state index contributed by atoms with van der Waals surface area (Å²) < 4.78 is 6.71. The molecule has 1 aromatic rings. The minimum absolute atomic E-state index is 1.16. The molecule has 0 aromatic heterocycles. The second kappa shape index (κ2) is 6.13. The van der Waals surface area contributed by atoms with Crippen molar-refractivity contribution >= 4 is 21.0 Å². The van der Waals surface area contributed by atoms with E-state index in [1.165, 1.54) is 23.7 Å². The maximum atomic E-state index is 6.71. The molecule has 0 fully saturated rings. The molecule has 0 amide bonds. The molecule has 0 radical (unpaired) electrons. The van der Waals surface area contributed by atoms with Crippen molar-refractivity contribution in [3.63, 3.8) is 0 Å². The summed E-state index contributed by atoms with van der Waals surface area (Å²) in [6, 6.07) is 10.8. The van der Waals surface area contributed by atoms with Crippen LogP contribution in [0.4, 0.5) is 0 Å². The molecule has 0 saturated carbocycles. The summed E-state index contributed by atoms with van der Waals surface area (Å²) >= 11 is 0. The van der Waals surface area contributed by atoms with Gasteiger partial charge in [-0.05, 0) is 39.1 Å². The normalized spacial score (nSPS) is 12.8. The Kier molecular flexibility index (Phi) is 5.37. The fraction of sp³-hybridized carbons (Fsp3) is 0.571. The van der Waals surface area contributed by atoms with Crippen molar-refractivity contribution in [1.82, 2.24) is 0 Å². The van der Waals surface area contributed by atoms with Crippen molar-refractivity contribution in [2.24, 2.45) is 0 Å². The number of hydrogen-bond acceptors (Lipinski definition) is 1. The molecule has 0 aliphatic carbocycles. The summed E-state index contributed by atoms with van der Waals surface area (Å²) in [7, 11) is -2.89. The standard InChI is InChI=1S/C14H26OPSi/c1-6-16(7-2,8-3)15-17(4,5)14-12-10-9-11-13-14/h9-13H,6-8H2,1-5H3/q+1. The van der Waals surface area contributed by atoms with Gasteiger partial charge in [0.05, 0.1) is 18.5 Å². The molecule has 1 aromatic carbocycles. The third-order valence-corrected chi connectivity index (χ3v) is 12.2. The Labute approximate surface area is 108 Å². The van der Waals surface area contributed by atoms with E-state index in [2.05, 4.69) is 64.2 Å². The highest BCUT2D eigenvalue weighted by Gasteiger charge is 2.42. The third-order valence-electron chi connectivity index (χ3n) is 3.62. The molecule has 17 heavy (non-hydrogen) atoms. The maximum absolute atomic E-state index is 6.71. The van der Waals surface area contributed by atoms with Crippen LogP contribution in [0.2, 0.25) is 13.1 Å². The Morgan fingerprint density at radius 2 is 1.41 bits per heavy atom. The van der Waals surface area contributed by atoms with E-state index in [0.717, 1.165) is 0 Å². The van der Waals surface area contributed by atoms with Gasteiger partial charge < -0.3 is 0 Å². The zero-order valence-electron chi connectivity index (χ0n) is 11.9. The molecule has 3 heteroatoms. The lowest BCUT2D eigenvalue weighted by atomic mass is 10.4. The van der Waals surface area contributed by atoms with E-state index in [0.29, 0.717) is 0 Å². The highest BCUT2D eigenvalue weighted by atomic mass is 31.2. The fourth-order valence-electron chi connectivity index (χ4n) is 2.24. The summed E-state index contributed by atoms with van der Waals surface area (Å²) in [5, 5.41) is 1.42. The lowest BCUT2D eigenvalue weighted by Crippen LogP contribution is -2.45. The van der Waals surface area contributed by atoms with Crippen molar-refractivity contribution in [3.05, 3.63) is 30.3 Å². The van der Waals surface area contributed by atoms with E-state index in [1.54, 1.807) is 0 Å². The van der Waals surface area contributed by atoms with Crippen molar-refractivity contribution in [2.75, 3.05) is 18.5 Å². The van der Waals surface area contributed by atoms with Crippen LogP contribution in [0.15, 0.2) is 30.3 Å². The third kappa shape index (κ3) is 3.64. The molecule has 0 unspecified atom stereocenters. The Hall–Kier alpha value is -0.173. The van der Waals surface area contributed by atoms with Crippen LogP contribution in [0.25, 0.3) is 0 Å². The van der Waals surface area contributed by atoms with Crippen molar-refractivity contribution in [2.45, 2.75) is 33.9 Å². The number of rotatable bonds is 6. The summed E-state index contributed by atoms with van der Waals surface area (Å²) in [6.45, 7) is 11.5. The minimum Gasteiger partial charge on any atom is -0.280 e. The van der Waals surface area contributed by atoms with E-state index in [1.807, 2.05) is 0 Å². The van der Waals surface area contributed by atoms with E-state index in [9.17, 15) is 0 Å². The van der Waals surface area contributed by atoms with Gasteiger partial charge in [0.1, 0.15) is 7.49 Å². The Bertz CT molecular complexity index is 325. The van der Waals surface area contributed by atoms with Gasteiger partial charge in [-0.25, -0.2) is 0 Å². The van der Waals surface area contributed by atoms with Crippen LogP contribution in [-0.2, 0) is 4.21 Å². The predicted molar refractivity (Wildman–Crippen MR) is 83.2 cm³/mol. The van der Waals surface area contributed by atoms with Crippen LogP contribution in [0.5, 0.6) is 0 Å². The van der Waals surface area contributed by atoms with Gasteiger partial charge in [0, 0.05) is 0 Å². The molecule has 0 bridgehead atoms. The molecule has 96 valence electrons. The van der Waals surface area contributed by atoms with Gasteiger partial charge in [-0.2, -0.15) is 0 Å². The molecule has 0 N–H and O–H groups in total. The molecule has 0 atom stereocenters. The van der Waals surface area contributed by atoms with Crippen LogP contribution in [0.3, 0.4) is 0 Å². The van der Waals surface area contributed by atoms with Gasteiger partial charge in [0.25, 0.3) is 8.32 Å². The van der Waals surface area contributed by atoms with Gasteiger partial charge in [-0.1, -0.05) is 30.3 Å². The highest BCUT2D eigenvalue weighted by Crippen LogP contribution is 2.60. The van der Waals surface area contributed by atoms with Crippen molar-refractivity contribution < 1.29 is 4.21 Å². The fourth-order valence-corrected chi connectivity index (χ4v) is 10.4. The van der Waals surface area contributed by atoms with Gasteiger partial charge >= 0.3 is 0 Å². The average molecular weight is 269 g/mol. The topological polar surface area (TPSA) is 9.23 Å². The molecule has 0 spiro atoms. The van der Waals surface area contributed by atoms with Crippen LogP contribution < -0.4 is 5.19 Å². The van der Waals surface area contributed by atoms with Gasteiger partial charge in [-0.15, -0.1) is 0 Å². The molecular weight excluding hydrogens is 243 g/mol. The second-order valence-electron chi connectivity index (χ2n) is 4.97. The van der Waals surface area contributed by atoms with Crippen LogP contribution in [0.1, 0.15) is 20.8 Å². The van der Waals surface area contributed by atoms with Crippen molar-refractivity contribution in [3.8, 4) is 0 Å².